The Morgan fingerprint density at radius 2 is 1.70 bits per heavy atom. The van der Waals surface area contributed by atoms with Crippen LogP contribution in [0.3, 0.4) is 0 Å². The Kier molecular flexibility index (Phi) is 6.93. The van der Waals surface area contributed by atoms with E-state index >= 15 is 0 Å². The molecule has 2 aromatic rings. The number of nitrogens with one attached hydrogen (secondary N) is 1. The standard InChI is InChI=1S/C25H28N2O6/c1-32-22(23(28)27-13-7-6-12-21(27)24(29)30)14-26-25(31)33-15-20-18-10-4-2-8-16(18)17-9-3-5-11-19(17)20/h2-5,8-11,20-22H,6-7,12-15H2,1H3,(H,26,31)(H,29,30)/t21-,22?/m0/s1. The fraction of sp³-hybridized carbons (Fsp3) is 0.400. The first-order valence-corrected chi connectivity index (χ1v) is 11.2. The fourth-order valence-electron chi connectivity index (χ4n) is 4.73. The monoisotopic (exact) mass is 452 g/mol. The molecule has 0 bridgehead atoms. The topological polar surface area (TPSA) is 105 Å². The quantitative estimate of drug-likeness (QED) is 0.669. The van der Waals surface area contributed by atoms with Crippen LogP contribution in [-0.2, 0) is 19.1 Å². The van der Waals surface area contributed by atoms with E-state index in [-0.39, 0.29) is 19.1 Å². The largest absolute Gasteiger partial charge is 0.480 e. The van der Waals surface area contributed by atoms with E-state index in [2.05, 4.69) is 17.4 Å². The van der Waals surface area contributed by atoms with Crippen molar-refractivity contribution in [2.24, 2.45) is 0 Å². The van der Waals surface area contributed by atoms with Crippen molar-refractivity contribution in [2.45, 2.75) is 37.3 Å². The number of carbonyl (C=O) groups excluding carboxylic acids is 2. The minimum absolute atomic E-state index is 0.0623. The second-order valence-corrected chi connectivity index (χ2v) is 8.31. The number of hydrogen-bond donors (Lipinski definition) is 2. The molecule has 174 valence electrons. The zero-order valence-electron chi connectivity index (χ0n) is 18.5. The van der Waals surface area contributed by atoms with Crippen LogP contribution in [0.2, 0.25) is 0 Å². The summed E-state index contributed by atoms with van der Waals surface area (Å²) in [4.78, 5) is 38.1. The highest BCUT2D eigenvalue weighted by Gasteiger charge is 2.36. The maximum Gasteiger partial charge on any atom is 0.407 e. The average molecular weight is 453 g/mol. The van der Waals surface area contributed by atoms with Crippen molar-refractivity contribution in [3.8, 4) is 11.1 Å². The number of amides is 2. The highest BCUT2D eigenvalue weighted by Crippen LogP contribution is 2.44. The number of nitrogens with zero attached hydrogens (tertiary/aromatic N) is 1. The highest BCUT2D eigenvalue weighted by atomic mass is 16.5. The maximum atomic E-state index is 12.8. The van der Waals surface area contributed by atoms with Gasteiger partial charge in [-0.15, -0.1) is 0 Å². The van der Waals surface area contributed by atoms with Crippen molar-refractivity contribution in [1.29, 1.82) is 0 Å². The summed E-state index contributed by atoms with van der Waals surface area (Å²) in [6.07, 6.45) is 0.282. The molecule has 1 aliphatic carbocycles. The smallest absolute Gasteiger partial charge is 0.407 e. The van der Waals surface area contributed by atoms with Crippen LogP contribution in [0.4, 0.5) is 4.79 Å². The number of aliphatic carboxylic acids is 1. The molecule has 0 saturated carbocycles. The molecule has 4 rings (SSSR count). The van der Waals surface area contributed by atoms with Gasteiger partial charge >= 0.3 is 12.1 Å². The van der Waals surface area contributed by atoms with Crippen LogP contribution < -0.4 is 5.32 Å². The summed E-state index contributed by atoms with van der Waals surface area (Å²) < 4.78 is 10.8. The molecule has 0 radical (unpaired) electrons. The van der Waals surface area contributed by atoms with Crippen molar-refractivity contribution in [1.82, 2.24) is 10.2 Å². The zero-order chi connectivity index (χ0) is 23.4. The van der Waals surface area contributed by atoms with Gasteiger partial charge in [-0.05, 0) is 41.5 Å². The van der Waals surface area contributed by atoms with E-state index < -0.39 is 30.1 Å². The van der Waals surface area contributed by atoms with Crippen LogP contribution in [0.1, 0.15) is 36.3 Å². The number of rotatable bonds is 7. The first kappa shape index (κ1) is 22.8. The summed E-state index contributed by atoms with van der Waals surface area (Å²) in [6, 6.07) is 15.3. The summed E-state index contributed by atoms with van der Waals surface area (Å²) >= 11 is 0. The van der Waals surface area contributed by atoms with E-state index in [0.29, 0.717) is 13.0 Å². The van der Waals surface area contributed by atoms with E-state index in [1.54, 1.807) is 0 Å². The predicted octanol–water partition coefficient (Wildman–Crippen LogP) is 3.01. The van der Waals surface area contributed by atoms with Crippen molar-refractivity contribution >= 4 is 18.0 Å². The molecule has 2 aromatic carbocycles. The Balaban J connectivity index is 1.35. The second kappa shape index (κ2) is 10.0. The van der Waals surface area contributed by atoms with Crippen LogP contribution >= 0.6 is 0 Å². The van der Waals surface area contributed by atoms with Crippen molar-refractivity contribution in [3.63, 3.8) is 0 Å². The van der Waals surface area contributed by atoms with Gasteiger partial charge in [-0.25, -0.2) is 9.59 Å². The number of methoxy groups -OCH3 is 1. The zero-order valence-corrected chi connectivity index (χ0v) is 18.5. The first-order chi connectivity index (χ1) is 16.0. The lowest BCUT2D eigenvalue weighted by Crippen LogP contribution is -2.54. The maximum absolute atomic E-state index is 12.8. The molecule has 8 heteroatoms. The lowest BCUT2D eigenvalue weighted by atomic mass is 9.98. The van der Waals surface area contributed by atoms with E-state index in [1.165, 1.54) is 12.0 Å². The Bertz CT molecular complexity index is 994. The molecule has 2 N–H and O–H groups in total. The van der Waals surface area contributed by atoms with Gasteiger partial charge in [0.2, 0.25) is 0 Å². The van der Waals surface area contributed by atoms with Crippen LogP contribution in [0.15, 0.2) is 48.5 Å². The minimum atomic E-state index is -1.03. The number of carboxylic acids is 1. The molecule has 1 heterocycles. The van der Waals surface area contributed by atoms with E-state index in [1.807, 2.05) is 36.4 Å². The van der Waals surface area contributed by atoms with E-state index in [0.717, 1.165) is 35.1 Å². The van der Waals surface area contributed by atoms with Gasteiger partial charge < -0.3 is 24.8 Å². The molecule has 1 unspecified atom stereocenters. The minimum Gasteiger partial charge on any atom is -0.480 e. The van der Waals surface area contributed by atoms with Gasteiger partial charge in [0, 0.05) is 19.6 Å². The first-order valence-electron chi connectivity index (χ1n) is 11.2. The van der Waals surface area contributed by atoms with Gasteiger partial charge in [-0.1, -0.05) is 48.5 Å². The van der Waals surface area contributed by atoms with Gasteiger partial charge in [0.15, 0.2) is 6.10 Å². The number of alkyl carbamates (subject to hydrolysis) is 1. The number of hydrogen-bond acceptors (Lipinski definition) is 5. The molecule has 2 aliphatic rings. The van der Waals surface area contributed by atoms with Gasteiger partial charge in [0.1, 0.15) is 12.6 Å². The SMILES string of the molecule is COC(CNC(=O)OCC1c2ccccc2-c2ccccc21)C(=O)N1CCCC[C@H]1C(=O)O. The van der Waals surface area contributed by atoms with Gasteiger partial charge in [0.05, 0.1) is 6.54 Å². The normalized spacial score (nSPS) is 18.2. The number of likely N-dealkylation sites (tertiary alicyclic amines) is 1. The van der Waals surface area contributed by atoms with Crippen LogP contribution in [-0.4, -0.2) is 66.9 Å². The molecule has 2 amide bonds. The lowest BCUT2D eigenvalue weighted by Gasteiger charge is -2.35. The number of benzene rings is 2. The molecular weight excluding hydrogens is 424 g/mol. The summed E-state index contributed by atoms with van der Waals surface area (Å²) in [7, 11) is 1.36. The molecule has 0 aromatic heterocycles. The summed E-state index contributed by atoms with van der Waals surface area (Å²) in [5, 5.41) is 12.0. The Hall–Kier alpha value is -3.39. The van der Waals surface area contributed by atoms with E-state index in [4.69, 9.17) is 9.47 Å². The molecule has 2 atom stereocenters. The summed E-state index contributed by atoms with van der Waals surface area (Å²) in [5.74, 6) is -1.53. The number of carbonyl (C=O) groups is 3. The predicted molar refractivity (Wildman–Crippen MR) is 121 cm³/mol. The van der Waals surface area contributed by atoms with Gasteiger partial charge in [0.25, 0.3) is 5.91 Å². The lowest BCUT2D eigenvalue weighted by molar-refractivity contribution is -0.157. The highest BCUT2D eigenvalue weighted by molar-refractivity contribution is 5.87. The molecular formula is C25H28N2O6. The molecule has 0 spiro atoms. The van der Waals surface area contributed by atoms with Crippen LogP contribution in [0.25, 0.3) is 11.1 Å². The van der Waals surface area contributed by atoms with Crippen molar-refractivity contribution < 1.29 is 29.0 Å². The summed E-state index contributed by atoms with van der Waals surface area (Å²) in [5.41, 5.74) is 4.51. The fourth-order valence-corrected chi connectivity index (χ4v) is 4.73. The third kappa shape index (κ3) is 4.71. The van der Waals surface area contributed by atoms with Crippen LogP contribution in [0.5, 0.6) is 0 Å². The molecule has 33 heavy (non-hydrogen) atoms. The number of piperidine rings is 1. The molecule has 1 saturated heterocycles. The third-order valence-electron chi connectivity index (χ3n) is 6.41. The molecule has 1 fully saturated rings. The van der Waals surface area contributed by atoms with Gasteiger partial charge in [-0.3, -0.25) is 4.79 Å². The average Bonchev–Trinajstić information content (AvgIpc) is 3.16. The summed E-state index contributed by atoms with van der Waals surface area (Å²) in [6.45, 7) is 0.425. The number of fused-ring (bicyclic) bond motifs is 3. The van der Waals surface area contributed by atoms with Crippen molar-refractivity contribution in [3.05, 3.63) is 59.7 Å². The van der Waals surface area contributed by atoms with Crippen molar-refractivity contribution in [2.75, 3.05) is 26.8 Å². The number of ether oxygens (including phenoxy) is 2. The molecule has 1 aliphatic heterocycles. The Morgan fingerprint density at radius 1 is 1.06 bits per heavy atom. The van der Waals surface area contributed by atoms with Crippen LogP contribution in [0, 0.1) is 0 Å². The third-order valence-corrected chi connectivity index (χ3v) is 6.41. The number of carboxylic acid groups (broad SMARTS) is 1. The Morgan fingerprint density at radius 3 is 2.30 bits per heavy atom. The molecule has 8 nitrogen and oxygen atoms in total. The Labute approximate surface area is 192 Å². The van der Waals surface area contributed by atoms with E-state index in [9.17, 15) is 19.5 Å². The second-order valence-electron chi connectivity index (χ2n) is 8.31. The van der Waals surface area contributed by atoms with Gasteiger partial charge in [-0.2, -0.15) is 0 Å².